The molecule has 0 aromatic heterocycles. The molecule has 1 atom stereocenters. The molecule has 0 saturated heterocycles. The molecule has 1 aromatic rings. The van der Waals surface area contributed by atoms with Crippen LogP contribution >= 0.6 is 0 Å². The van der Waals surface area contributed by atoms with Crippen molar-refractivity contribution in [2.45, 2.75) is 12.8 Å². The Bertz CT molecular complexity index is 282. The molecule has 4 N–H and O–H groups in total. The highest BCUT2D eigenvalue weighted by atomic mass is 16.1. The van der Waals surface area contributed by atoms with Gasteiger partial charge in [0.2, 0.25) is 6.29 Å². The Balaban J connectivity index is 2.57. The molecule has 3 nitrogen and oxygen atoms in total. The van der Waals surface area contributed by atoms with Crippen molar-refractivity contribution in [2.24, 2.45) is 11.7 Å². The van der Waals surface area contributed by atoms with Crippen molar-refractivity contribution >= 4 is 12.0 Å². The van der Waals surface area contributed by atoms with Crippen molar-refractivity contribution in [3.05, 3.63) is 29.8 Å². The lowest BCUT2D eigenvalue weighted by atomic mass is 9.97. The van der Waals surface area contributed by atoms with Gasteiger partial charge in [-0.2, -0.15) is 0 Å². The molecule has 0 aliphatic heterocycles. The number of benzene rings is 1. The minimum absolute atomic E-state index is 0.0939. The Labute approximate surface area is 84.1 Å². The maximum absolute atomic E-state index is 10.6. The first-order chi connectivity index (χ1) is 6.76. The van der Waals surface area contributed by atoms with Gasteiger partial charge in [0.05, 0.1) is 0 Å². The van der Waals surface area contributed by atoms with Crippen LogP contribution in [-0.2, 0) is 11.2 Å². The molecule has 0 amide bonds. The van der Waals surface area contributed by atoms with Crippen LogP contribution in [0.4, 0.5) is 5.69 Å². The number of anilines is 1. The third-order valence-corrected chi connectivity index (χ3v) is 2.14. The highest BCUT2D eigenvalue weighted by Crippen LogP contribution is 2.11. The fraction of sp³-hybridized carbons (Fsp3) is 0.364. The molecule has 0 heterocycles. The van der Waals surface area contributed by atoms with Gasteiger partial charge in [0.15, 0.2) is 0 Å². The second kappa shape index (κ2) is 5.40. The van der Waals surface area contributed by atoms with Crippen molar-refractivity contribution in [1.29, 1.82) is 0 Å². The molecule has 3 heteroatoms. The molecular weight excluding hydrogens is 176 g/mol. The van der Waals surface area contributed by atoms with Crippen LogP contribution < -0.4 is 11.5 Å². The Kier molecular flexibility index (Phi) is 4.13. The predicted molar refractivity (Wildman–Crippen MR) is 57.4 cm³/mol. The summed E-state index contributed by atoms with van der Waals surface area (Å²) in [7, 11) is 0. The molecule has 1 unspecified atom stereocenters. The second-order valence-corrected chi connectivity index (χ2v) is 3.34. The topological polar surface area (TPSA) is 69.1 Å². The minimum atomic E-state index is -0.0939. The molecule has 75 valence electrons. The van der Waals surface area contributed by atoms with Gasteiger partial charge in [-0.05, 0) is 37.1 Å². The third-order valence-electron chi connectivity index (χ3n) is 2.14. The number of nitrogens with two attached hydrogens (primary N) is 2. The van der Waals surface area contributed by atoms with Crippen molar-refractivity contribution in [1.82, 2.24) is 0 Å². The van der Waals surface area contributed by atoms with Crippen molar-refractivity contribution in [3.63, 3.8) is 0 Å². The van der Waals surface area contributed by atoms with E-state index in [-0.39, 0.29) is 5.92 Å². The first kappa shape index (κ1) is 10.7. The summed E-state index contributed by atoms with van der Waals surface area (Å²) in [6.45, 7) is 0.523. The zero-order valence-corrected chi connectivity index (χ0v) is 8.07. The van der Waals surface area contributed by atoms with E-state index < -0.39 is 0 Å². The minimum Gasteiger partial charge on any atom is -0.399 e. The fourth-order valence-corrected chi connectivity index (χ4v) is 1.34. The number of nitrogen functional groups attached to an aromatic ring is 1. The average molecular weight is 191 g/mol. The van der Waals surface area contributed by atoms with E-state index in [0.717, 1.165) is 11.3 Å². The van der Waals surface area contributed by atoms with E-state index >= 15 is 0 Å². The van der Waals surface area contributed by atoms with Crippen LogP contribution in [0, 0.1) is 5.92 Å². The Morgan fingerprint density at radius 1 is 1.29 bits per heavy atom. The lowest BCUT2D eigenvalue weighted by molar-refractivity contribution is 0.507. The smallest absolute Gasteiger partial charge is 0.202 e. The summed E-state index contributed by atoms with van der Waals surface area (Å²) in [5.41, 5.74) is 12.8. The van der Waals surface area contributed by atoms with Crippen molar-refractivity contribution in [3.8, 4) is 0 Å². The Morgan fingerprint density at radius 3 is 2.43 bits per heavy atom. The molecule has 0 aliphatic carbocycles. The van der Waals surface area contributed by atoms with Gasteiger partial charge in [-0.25, -0.2) is 0 Å². The summed E-state index contributed by atoms with van der Waals surface area (Å²) < 4.78 is 0. The van der Waals surface area contributed by atoms with E-state index in [9.17, 15) is 4.79 Å². The van der Waals surface area contributed by atoms with Gasteiger partial charge in [-0.15, -0.1) is 0 Å². The Morgan fingerprint density at radius 2 is 1.93 bits per heavy atom. The molecule has 14 heavy (non-hydrogen) atoms. The number of rotatable bonds is 5. The standard InChI is InChI=1S/C11H15N2O/c12-6-5-10(8-14)7-9-1-3-11(13)4-2-9/h1-4,10H,5-7,12-13H2. The first-order valence-corrected chi connectivity index (χ1v) is 4.68. The number of hydrogen-bond acceptors (Lipinski definition) is 3. The molecule has 1 aromatic carbocycles. The molecule has 0 saturated carbocycles. The summed E-state index contributed by atoms with van der Waals surface area (Å²) in [6, 6.07) is 7.52. The summed E-state index contributed by atoms with van der Waals surface area (Å²) in [4.78, 5) is 10.6. The molecule has 0 bridgehead atoms. The predicted octanol–water partition coefficient (Wildman–Crippen LogP) is 0.886. The van der Waals surface area contributed by atoms with E-state index in [4.69, 9.17) is 11.5 Å². The van der Waals surface area contributed by atoms with Crippen molar-refractivity contribution in [2.75, 3.05) is 12.3 Å². The highest BCUT2D eigenvalue weighted by molar-refractivity contribution is 5.55. The van der Waals surface area contributed by atoms with Gasteiger partial charge < -0.3 is 11.5 Å². The molecular formula is C11H15N2O. The molecule has 1 rings (SSSR count). The maximum atomic E-state index is 10.6. The molecule has 0 fully saturated rings. The largest absolute Gasteiger partial charge is 0.399 e. The van der Waals surface area contributed by atoms with E-state index in [0.29, 0.717) is 19.4 Å². The third kappa shape index (κ3) is 3.18. The zero-order chi connectivity index (χ0) is 10.4. The molecule has 1 radical (unpaired) electrons. The average Bonchev–Trinajstić information content (AvgIpc) is 2.20. The molecule has 0 spiro atoms. The van der Waals surface area contributed by atoms with Crippen LogP contribution in [0.1, 0.15) is 12.0 Å². The van der Waals surface area contributed by atoms with Gasteiger partial charge in [-0.1, -0.05) is 12.1 Å². The van der Waals surface area contributed by atoms with Gasteiger partial charge in [0.25, 0.3) is 0 Å². The van der Waals surface area contributed by atoms with E-state index in [1.807, 2.05) is 30.6 Å². The van der Waals surface area contributed by atoms with Gasteiger partial charge in [0.1, 0.15) is 0 Å². The summed E-state index contributed by atoms with van der Waals surface area (Å²) in [6.07, 6.45) is 3.39. The summed E-state index contributed by atoms with van der Waals surface area (Å²) in [5.74, 6) is -0.0939. The van der Waals surface area contributed by atoms with Gasteiger partial charge in [-0.3, -0.25) is 4.79 Å². The van der Waals surface area contributed by atoms with Gasteiger partial charge >= 0.3 is 0 Å². The van der Waals surface area contributed by atoms with Crippen LogP contribution in [0.3, 0.4) is 0 Å². The lowest BCUT2D eigenvalue weighted by Gasteiger charge is -2.07. The monoisotopic (exact) mass is 191 g/mol. The zero-order valence-electron chi connectivity index (χ0n) is 8.07. The number of hydrogen-bond donors (Lipinski definition) is 2. The quantitative estimate of drug-likeness (QED) is 0.679. The normalized spacial score (nSPS) is 12.4. The fourth-order valence-electron chi connectivity index (χ4n) is 1.34. The van der Waals surface area contributed by atoms with Crippen LogP contribution in [0.2, 0.25) is 0 Å². The van der Waals surface area contributed by atoms with E-state index in [2.05, 4.69) is 0 Å². The summed E-state index contributed by atoms with van der Waals surface area (Å²) in [5, 5.41) is 0. The van der Waals surface area contributed by atoms with Crippen molar-refractivity contribution < 1.29 is 4.79 Å². The lowest BCUT2D eigenvalue weighted by Crippen LogP contribution is -2.12. The van der Waals surface area contributed by atoms with Crippen LogP contribution in [-0.4, -0.2) is 12.8 Å². The van der Waals surface area contributed by atoms with Crippen LogP contribution in [0.25, 0.3) is 0 Å². The second-order valence-electron chi connectivity index (χ2n) is 3.34. The number of carbonyl (C=O) groups excluding carboxylic acids is 1. The highest BCUT2D eigenvalue weighted by Gasteiger charge is 2.07. The first-order valence-electron chi connectivity index (χ1n) is 4.68. The van der Waals surface area contributed by atoms with E-state index in [1.54, 1.807) is 0 Å². The molecule has 0 aliphatic rings. The van der Waals surface area contributed by atoms with Gasteiger partial charge in [0, 0.05) is 11.6 Å². The maximum Gasteiger partial charge on any atom is 0.202 e. The van der Waals surface area contributed by atoms with Crippen LogP contribution in [0.15, 0.2) is 24.3 Å². The van der Waals surface area contributed by atoms with Crippen LogP contribution in [0.5, 0.6) is 0 Å². The van der Waals surface area contributed by atoms with E-state index in [1.165, 1.54) is 0 Å². The Hall–Kier alpha value is -1.35. The summed E-state index contributed by atoms with van der Waals surface area (Å²) >= 11 is 0. The SMILES string of the molecule is NCCC([C]=O)Cc1ccc(N)cc1.